The Morgan fingerprint density at radius 1 is 1.64 bits per heavy atom. The lowest BCUT2D eigenvalue weighted by molar-refractivity contribution is 0.102. The predicted molar refractivity (Wildman–Crippen MR) is 53.6 cm³/mol. The van der Waals surface area contributed by atoms with Gasteiger partial charge in [0.25, 0.3) is 0 Å². The van der Waals surface area contributed by atoms with Crippen molar-refractivity contribution in [1.29, 1.82) is 0 Å². The zero-order chi connectivity index (χ0) is 10.7. The molecule has 4 nitrogen and oxygen atoms in total. The Kier molecular flexibility index (Phi) is 3.30. The minimum atomic E-state index is -0.344. The van der Waals surface area contributed by atoms with E-state index in [1.54, 1.807) is 24.8 Å². The van der Waals surface area contributed by atoms with E-state index in [2.05, 4.69) is 0 Å². The lowest BCUT2D eigenvalue weighted by Gasteiger charge is -2.15. The highest BCUT2D eigenvalue weighted by atomic mass is 16.5. The molecule has 0 aliphatic heterocycles. The second-order valence-corrected chi connectivity index (χ2v) is 3.31. The van der Waals surface area contributed by atoms with Crippen LogP contribution in [0.2, 0.25) is 0 Å². The number of aromatic nitrogens is 1. The van der Waals surface area contributed by atoms with Gasteiger partial charge in [0, 0.05) is 25.9 Å². The number of aromatic hydroxyl groups is 1. The Morgan fingerprint density at radius 3 is 2.86 bits per heavy atom. The molecule has 1 atom stereocenters. The van der Waals surface area contributed by atoms with E-state index >= 15 is 0 Å². The summed E-state index contributed by atoms with van der Waals surface area (Å²) in [6.07, 6.45) is 1.71. The van der Waals surface area contributed by atoms with E-state index in [0.29, 0.717) is 12.2 Å². The normalized spacial score (nSPS) is 12.8. The molecule has 14 heavy (non-hydrogen) atoms. The van der Waals surface area contributed by atoms with Gasteiger partial charge in [0.1, 0.15) is 0 Å². The van der Waals surface area contributed by atoms with Crippen molar-refractivity contribution in [2.75, 3.05) is 7.11 Å². The highest BCUT2D eigenvalue weighted by Gasteiger charge is 2.07. The van der Waals surface area contributed by atoms with Gasteiger partial charge >= 0.3 is 0 Å². The van der Waals surface area contributed by atoms with Crippen molar-refractivity contribution in [2.45, 2.75) is 26.5 Å². The van der Waals surface area contributed by atoms with Crippen LogP contribution in [0.4, 0.5) is 0 Å². The van der Waals surface area contributed by atoms with E-state index < -0.39 is 0 Å². The van der Waals surface area contributed by atoms with Crippen LogP contribution in [-0.4, -0.2) is 22.9 Å². The monoisotopic (exact) mass is 197 g/mol. The number of hydrogen-bond acceptors (Lipinski definition) is 3. The van der Waals surface area contributed by atoms with Crippen LogP contribution in [-0.2, 0) is 11.3 Å². The quantitative estimate of drug-likeness (QED) is 0.783. The maximum Gasteiger partial charge on any atom is 0.223 e. The van der Waals surface area contributed by atoms with Crippen molar-refractivity contribution in [2.24, 2.45) is 0 Å². The van der Waals surface area contributed by atoms with Gasteiger partial charge in [-0.3, -0.25) is 4.79 Å². The molecule has 1 aromatic rings. The van der Waals surface area contributed by atoms with E-state index in [1.165, 1.54) is 6.07 Å². The summed E-state index contributed by atoms with van der Waals surface area (Å²) in [6, 6.07) is 1.35. The molecule has 0 fully saturated rings. The molecule has 0 saturated carbocycles. The number of nitrogens with zero attached hydrogens (tertiary/aromatic N) is 1. The van der Waals surface area contributed by atoms with Crippen LogP contribution in [0.15, 0.2) is 17.1 Å². The number of ether oxygens (including phenoxy) is 1. The van der Waals surface area contributed by atoms with Gasteiger partial charge < -0.3 is 14.4 Å². The fourth-order valence-corrected chi connectivity index (χ4v) is 1.21. The van der Waals surface area contributed by atoms with Crippen LogP contribution in [0.5, 0.6) is 5.75 Å². The minimum absolute atomic E-state index is 0.0515. The van der Waals surface area contributed by atoms with Gasteiger partial charge in [0.2, 0.25) is 5.43 Å². The molecule has 0 aliphatic rings. The summed E-state index contributed by atoms with van der Waals surface area (Å²) in [7, 11) is 1.63. The average Bonchev–Trinajstić information content (AvgIpc) is 2.19. The highest BCUT2D eigenvalue weighted by Crippen LogP contribution is 2.10. The second kappa shape index (κ2) is 4.28. The lowest BCUT2D eigenvalue weighted by Crippen LogP contribution is -2.18. The van der Waals surface area contributed by atoms with E-state index in [1.807, 2.05) is 6.92 Å². The van der Waals surface area contributed by atoms with Crippen LogP contribution in [0.3, 0.4) is 0 Å². The van der Waals surface area contributed by atoms with Crippen LogP contribution in [0, 0.1) is 6.92 Å². The summed E-state index contributed by atoms with van der Waals surface area (Å²) in [4.78, 5) is 11.1. The zero-order valence-corrected chi connectivity index (χ0v) is 8.65. The van der Waals surface area contributed by atoms with Crippen molar-refractivity contribution < 1.29 is 9.84 Å². The van der Waals surface area contributed by atoms with E-state index in [-0.39, 0.29) is 17.3 Å². The third kappa shape index (κ3) is 2.14. The third-order valence-electron chi connectivity index (χ3n) is 2.27. The van der Waals surface area contributed by atoms with E-state index in [9.17, 15) is 9.90 Å². The van der Waals surface area contributed by atoms with E-state index in [4.69, 9.17) is 4.74 Å². The van der Waals surface area contributed by atoms with Gasteiger partial charge in [-0.2, -0.15) is 0 Å². The first-order valence-electron chi connectivity index (χ1n) is 4.48. The Balaban J connectivity index is 3.00. The predicted octanol–water partition coefficient (Wildman–Crippen LogP) is 0.897. The smallest absolute Gasteiger partial charge is 0.223 e. The van der Waals surface area contributed by atoms with Gasteiger partial charge in [0.15, 0.2) is 5.75 Å². The molecule has 0 bridgehead atoms. The zero-order valence-electron chi connectivity index (χ0n) is 8.65. The summed E-state index contributed by atoms with van der Waals surface area (Å²) in [5, 5.41) is 9.40. The molecular formula is C10H15NO3. The lowest BCUT2D eigenvalue weighted by atomic mass is 10.3. The summed E-state index contributed by atoms with van der Waals surface area (Å²) >= 11 is 0. The molecule has 1 unspecified atom stereocenters. The second-order valence-electron chi connectivity index (χ2n) is 3.31. The Bertz CT molecular complexity index is 370. The minimum Gasteiger partial charge on any atom is -0.503 e. The van der Waals surface area contributed by atoms with Crippen LogP contribution in [0.1, 0.15) is 12.6 Å². The molecule has 78 valence electrons. The molecule has 0 amide bonds. The molecule has 0 aliphatic carbocycles. The van der Waals surface area contributed by atoms with Crippen molar-refractivity contribution in [3.8, 4) is 5.75 Å². The highest BCUT2D eigenvalue weighted by molar-refractivity contribution is 5.25. The van der Waals surface area contributed by atoms with Crippen LogP contribution in [0.25, 0.3) is 0 Å². The van der Waals surface area contributed by atoms with Crippen molar-refractivity contribution >= 4 is 0 Å². The molecule has 1 heterocycles. The molecule has 1 rings (SSSR count). The number of rotatable bonds is 3. The molecule has 1 N–H and O–H groups in total. The molecule has 4 heteroatoms. The topological polar surface area (TPSA) is 51.5 Å². The maximum absolute atomic E-state index is 11.1. The van der Waals surface area contributed by atoms with Crippen molar-refractivity contribution in [3.05, 3.63) is 28.2 Å². The Labute approximate surface area is 82.8 Å². The molecule has 1 aromatic heterocycles. The molecule has 0 aromatic carbocycles. The summed E-state index contributed by atoms with van der Waals surface area (Å²) < 4.78 is 6.90. The molecule has 0 spiro atoms. The first-order chi connectivity index (χ1) is 6.56. The number of pyridine rings is 1. The van der Waals surface area contributed by atoms with Gasteiger partial charge in [-0.05, 0) is 13.8 Å². The van der Waals surface area contributed by atoms with Crippen LogP contribution >= 0.6 is 0 Å². The van der Waals surface area contributed by atoms with Gasteiger partial charge in [-0.15, -0.1) is 0 Å². The fraction of sp³-hybridized carbons (Fsp3) is 0.500. The number of hydrogen-bond donors (Lipinski definition) is 1. The molecule has 0 saturated heterocycles. The standard InChI is InChI=1S/C10H15NO3/c1-7(14-3)6-11-5-4-9(12)10(13)8(11)2/h4-5,7,13H,6H2,1-3H3. The summed E-state index contributed by atoms with van der Waals surface area (Å²) in [6.45, 7) is 4.25. The van der Waals surface area contributed by atoms with Crippen molar-refractivity contribution in [3.63, 3.8) is 0 Å². The fourth-order valence-electron chi connectivity index (χ4n) is 1.21. The largest absolute Gasteiger partial charge is 0.503 e. The SMILES string of the molecule is COC(C)Cn1ccc(=O)c(O)c1C. The van der Waals surface area contributed by atoms with Gasteiger partial charge in [0.05, 0.1) is 11.8 Å². The Hall–Kier alpha value is -1.29. The molecular weight excluding hydrogens is 182 g/mol. The average molecular weight is 197 g/mol. The first-order valence-corrected chi connectivity index (χ1v) is 4.48. The first kappa shape index (κ1) is 10.8. The van der Waals surface area contributed by atoms with E-state index in [0.717, 1.165) is 0 Å². The summed E-state index contributed by atoms with van der Waals surface area (Å²) in [5.74, 6) is -0.184. The molecule has 0 radical (unpaired) electrons. The Morgan fingerprint density at radius 2 is 2.29 bits per heavy atom. The maximum atomic E-state index is 11.1. The van der Waals surface area contributed by atoms with Gasteiger partial charge in [-0.25, -0.2) is 0 Å². The van der Waals surface area contributed by atoms with Gasteiger partial charge in [-0.1, -0.05) is 0 Å². The third-order valence-corrected chi connectivity index (χ3v) is 2.27. The summed E-state index contributed by atoms with van der Waals surface area (Å²) in [5.41, 5.74) is 0.227. The number of methoxy groups -OCH3 is 1. The van der Waals surface area contributed by atoms with Crippen molar-refractivity contribution in [1.82, 2.24) is 4.57 Å². The van der Waals surface area contributed by atoms with Crippen LogP contribution < -0.4 is 5.43 Å².